The van der Waals surface area contributed by atoms with E-state index in [1.165, 1.54) is 16.7 Å². The van der Waals surface area contributed by atoms with Crippen LogP contribution in [0.3, 0.4) is 0 Å². The molecule has 0 aliphatic heterocycles. The SMILES string of the molecule is CCCn1c(=O)[nH]c(=O)c2c(C(=O)N(CCN(C)C)Cc3ccc(F)cc3)cc(C(C)C)nc21. The van der Waals surface area contributed by atoms with Crippen molar-refractivity contribution >= 4 is 16.9 Å². The molecule has 0 spiro atoms. The highest BCUT2D eigenvalue weighted by Gasteiger charge is 2.24. The van der Waals surface area contributed by atoms with Crippen molar-refractivity contribution < 1.29 is 9.18 Å². The Kier molecular flexibility index (Phi) is 7.98. The van der Waals surface area contributed by atoms with Gasteiger partial charge in [-0.05, 0) is 50.2 Å². The summed E-state index contributed by atoms with van der Waals surface area (Å²) in [6, 6.07) is 7.65. The lowest BCUT2D eigenvalue weighted by atomic mass is 10.0. The molecule has 0 fully saturated rings. The number of rotatable bonds is 9. The second kappa shape index (κ2) is 10.7. The third-order valence-corrected chi connectivity index (χ3v) is 5.63. The molecule has 1 aromatic carbocycles. The van der Waals surface area contributed by atoms with Crippen molar-refractivity contribution in [3.8, 4) is 0 Å². The average Bonchev–Trinajstić information content (AvgIpc) is 2.79. The number of hydrogen-bond acceptors (Lipinski definition) is 5. The molecule has 2 aromatic heterocycles. The predicted molar refractivity (Wildman–Crippen MR) is 131 cm³/mol. The molecule has 0 aliphatic rings. The number of carbonyl (C=O) groups excluding carboxylic acids is 1. The van der Waals surface area contributed by atoms with Crippen molar-refractivity contribution in [3.63, 3.8) is 0 Å². The Morgan fingerprint density at radius 2 is 1.82 bits per heavy atom. The van der Waals surface area contributed by atoms with Crippen molar-refractivity contribution in [3.05, 3.63) is 73.8 Å². The third kappa shape index (κ3) is 5.59. The Morgan fingerprint density at radius 3 is 2.41 bits per heavy atom. The Balaban J connectivity index is 2.20. The maximum Gasteiger partial charge on any atom is 0.329 e. The van der Waals surface area contributed by atoms with Gasteiger partial charge in [0, 0.05) is 31.9 Å². The topological polar surface area (TPSA) is 91.3 Å². The zero-order valence-electron chi connectivity index (χ0n) is 20.4. The second-order valence-electron chi connectivity index (χ2n) is 9.02. The lowest BCUT2D eigenvalue weighted by Crippen LogP contribution is -2.38. The fourth-order valence-electron chi connectivity index (χ4n) is 3.74. The van der Waals surface area contributed by atoms with Crippen molar-refractivity contribution in [1.82, 2.24) is 24.3 Å². The fourth-order valence-corrected chi connectivity index (χ4v) is 3.74. The molecule has 182 valence electrons. The van der Waals surface area contributed by atoms with E-state index in [-0.39, 0.29) is 40.8 Å². The minimum atomic E-state index is -0.632. The molecule has 0 atom stereocenters. The first-order chi connectivity index (χ1) is 16.1. The summed E-state index contributed by atoms with van der Waals surface area (Å²) in [5.41, 5.74) is 0.655. The van der Waals surface area contributed by atoms with Crippen LogP contribution in [0.4, 0.5) is 4.39 Å². The number of benzene rings is 1. The lowest BCUT2D eigenvalue weighted by Gasteiger charge is -2.25. The van der Waals surface area contributed by atoms with Crippen LogP contribution in [-0.4, -0.2) is 57.4 Å². The van der Waals surface area contributed by atoms with Crippen molar-refractivity contribution in [2.75, 3.05) is 27.2 Å². The van der Waals surface area contributed by atoms with Gasteiger partial charge in [0.15, 0.2) is 5.65 Å². The van der Waals surface area contributed by atoms with E-state index >= 15 is 0 Å². The van der Waals surface area contributed by atoms with Crippen LogP contribution in [0.1, 0.15) is 54.7 Å². The highest BCUT2D eigenvalue weighted by atomic mass is 19.1. The fraction of sp³-hybridized carbons (Fsp3) is 0.440. The first kappa shape index (κ1) is 25.3. The average molecular weight is 470 g/mol. The Hall–Kier alpha value is -3.33. The summed E-state index contributed by atoms with van der Waals surface area (Å²) in [6.45, 7) is 7.43. The van der Waals surface area contributed by atoms with Crippen LogP contribution in [0.2, 0.25) is 0 Å². The van der Waals surface area contributed by atoms with Gasteiger partial charge in [-0.3, -0.25) is 19.1 Å². The molecule has 0 saturated carbocycles. The van der Waals surface area contributed by atoms with Crippen LogP contribution in [-0.2, 0) is 13.1 Å². The van der Waals surface area contributed by atoms with E-state index in [1.54, 1.807) is 23.1 Å². The van der Waals surface area contributed by atoms with Crippen molar-refractivity contribution in [1.29, 1.82) is 0 Å². The maximum atomic E-state index is 13.9. The molecule has 34 heavy (non-hydrogen) atoms. The number of aryl methyl sites for hydroxylation is 1. The van der Waals surface area contributed by atoms with Gasteiger partial charge in [-0.1, -0.05) is 32.9 Å². The molecule has 1 N–H and O–H groups in total. The van der Waals surface area contributed by atoms with Crippen LogP contribution in [0.5, 0.6) is 0 Å². The van der Waals surface area contributed by atoms with E-state index in [9.17, 15) is 18.8 Å². The Labute approximate surface area is 198 Å². The van der Waals surface area contributed by atoms with Crippen LogP contribution in [0.15, 0.2) is 39.9 Å². The largest absolute Gasteiger partial charge is 0.333 e. The molecule has 0 radical (unpaired) electrons. The number of amides is 1. The van der Waals surface area contributed by atoms with Gasteiger partial charge in [0.1, 0.15) is 5.82 Å². The predicted octanol–water partition coefficient (Wildman–Crippen LogP) is 2.96. The molecular formula is C25H32FN5O3. The van der Waals surface area contributed by atoms with Gasteiger partial charge in [0.05, 0.1) is 10.9 Å². The summed E-state index contributed by atoms with van der Waals surface area (Å²) in [6.07, 6.45) is 0.664. The number of carbonyl (C=O) groups is 1. The number of aromatic amines is 1. The molecule has 0 unspecified atom stereocenters. The number of fused-ring (bicyclic) bond motifs is 1. The highest BCUT2D eigenvalue weighted by molar-refractivity contribution is 6.05. The standard InChI is InChI=1S/C25H32FN5O3/c1-6-11-31-22-21(23(32)28-25(31)34)19(14-20(27-22)16(2)3)24(33)30(13-12-29(4)5)15-17-7-9-18(26)10-8-17/h7-10,14,16H,6,11-13,15H2,1-5H3,(H,28,32,34). The molecule has 3 rings (SSSR count). The smallest absolute Gasteiger partial charge is 0.329 e. The molecule has 9 heteroatoms. The molecule has 3 aromatic rings. The second-order valence-corrected chi connectivity index (χ2v) is 9.02. The van der Waals surface area contributed by atoms with E-state index in [4.69, 9.17) is 0 Å². The van der Waals surface area contributed by atoms with Gasteiger partial charge in [0.25, 0.3) is 11.5 Å². The van der Waals surface area contributed by atoms with E-state index in [2.05, 4.69) is 9.97 Å². The number of hydrogen-bond donors (Lipinski definition) is 1. The van der Waals surface area contributed by atoms with Gasteiger partial charge in [-0.25, -0.2) is 14.2 Å². The normalized spacial score (nSPS) is 11.5. The number of halogens is 1. The van der Waals surface area contributed by atoms with Gasteiger partial charge in [-0.15, -0.1) is 0 Å². The summed E-state index contributed by atoms with van der Waals surface area (Å²) in [7, 11) is 3.82. The van der Waals surface area contributed by atoms with Crippen LogP contribution >= 0.6 is 0 Å². The number of likely N-dealkylation sites (N-methyl/N-ethyl adjacent to an activating group) is 1. The molecule has 2 heterocycles. The molecular weight excluding hydrogens is 437 g/mol. The van der Waals surface area contributed by atoms with E-state index < -0.39 is 11.2 Å². The summed E-state index contributed by atoms with van der Waals surface area (Å²) in [4.78, 5) is 49.9. The first-order valence-electron chi connectivity index (χ1n) is 11.5. The number of aromatic nitrogens is 3. The monoisotopic (exact) mass is 469 g/mol. The lowest BCUT2D eigenvalue weighted by molar-refractivity contribution is 0.0733. The van der Waals surface area contributed by atoms with Gasteiger partial charge in [0.2, 0.25) is 0 Å². The van der Waals surface area contributed by atoms with Crippen molar-refractivity contribution in [2.24, 2.45) is 0 Å². The van der Waals surface area contributed by atoms with Crippen LogP contribution in [0, 0.1) is 5.82 Å². The Bertz CT molecular complexity index is 1280. The number of nitrogens with zero attached hydrogens (tertiary/aromatic N) is 4. The Morgan fingerprint density at radius 1 is 1.15 bits per heavy atom. The number of nitrogens with one attached hydrogen (secondary N) is 1. The van der Waals surface area contributed by atoms with Crippen molar-refractivity contribution in [2.45, 2.75) is 46.2 Å². The minimum Gasteiger partial charge on any atom is -0.333 e. The molecule has 0 bridgehead atoms. The van der Waals surface area contributed by atoms with Crippen LogP contribution in [0.25, 0.3) is 11.0 Å². The maximum absolute atomic E-state index is 13.9. The quantitative estimate of drug-likeness (QED) is 0.520. The van der Waals surface area contributed by atoms with Crippen LogP contribution < -0.4 is 11.2 Å². The number of H-pyrrole nitrogens is 1. The van der Waals surface area contributed by atoms with E-state index in [1.807, 2.05) is 39.8 Å². The highest BCUT2D eigenvalue weighted by Crippen LogP contribution is 2.22. The van der Waals surface area contributed by atoms with Gasteiger partial charge >= 0.3 is 5.69 Å². The molecule has 0 saturated heterocycles. The molecule has 1 amide bonds. The summed E-state index contributed by atoms with van der Waals surface area (Å²) >= 11 is 0. The molecule has 0 aliphatic carbocycles. The van der Waals surface area contributed by atoms with Gasteiger partial charge in [-0.2, -0.15) is 0 Å². The zero-order chi connectivity index (χ0) is 25.0. The first-order valence-corrected chi connectivity index (χ1v) is 11.5. The summed E-state index contributed by atoms with van der Waals surface area (Å²) < 4.78 is 14.8. The third-order valence-electron chi connectivity index (χ3n) is 5.63. The van der Waals surface area contributed by atoms with E-state index in [0.717, 1.165) is 5.56 Å². The number of pyridine rings is 1. The summed E-state index contributed by atoms with van der Waals surface area (Å²) in [5, 5.41) is 0.108. The molecule has 8 nitrogen and oxygen atoms in total. The zero-order valence-corrected chi connectivity index (χ0v) is 20.4. The van der Waals surface area contributed by atoms with E-state index in [0.29, 0.717) is 31.7 Å². The van der Waals surface area contributed by atoms with Gasteiger partial charge < -0.3 is 9.80 Å². The summed E-state index contributed by atoms with van der Waals surface area (Å²) in [5.74, 6) is -0.711. The minimum absolute atomic E-state index is 0.0206.